The molecule has 122 valence electrons. The Labute approximate surface area is 145 Å². The van der Waals surface area contributed by atoms with Gasteiger partial charge in [0.25, 0.3) is 9.05 Å². The first kappa shape index (κ1) is 16.6. The van der Waals surface area contributed by atoms with Gasteiger partial charge in [0.05, 0.1) is 0 Å². The van der Waals surface area contributed by atoms with Gasteiger partial charge in [-0.15, -0.1) is 0 Å². The fraction of sp³-hybridized carbons (Fsp3) is 0.0526. The Hall–Kier alpha value is -2.30. The summed E-state index contributed by atoms with van der Waals surface area (Å²) >= 11 is 0. The summed E-state index contributed by atoms with van der Waals surface area (Å²) in [5.41, 5.74) is 3.14. The zero-order valence-electron chi connectivity index (χ0n) is 12.7. The molecule has 0 atom stereocenters. The van der Waals surface area contributed by atoms with Crippen LogP contribution in [0.15, 0.2) is 83.8 Å². The van der Waals surface area contributed by atoms with Crippen molar-refractivity contribution in [3.05, 3.63) is 84.4 Å². The second-order valence-corrected chi connectivity index (χ2v) is 7.77. The number of hydrogen-bond acceptors (Lipinski definition) is 3. The summed E-state index contributed by atoms with van der Waals surface area (Å²) in [4.78, 5) is -0.0223. The van der Waals surface area contributed by atoms with Crippen molar-refractivity contribution < 1.29 is 13.2 Å². The van der Waals surface area contributed by atoms with E-state index in [1.54, 1.807) is 18.2 Å². The van der Waals surface area contributed by atoms with Gasteiger partial charge in [-0.25, -0.2) is 8.42 Å². The molecule has 0 saturated carbocycles. The van der Waals surface area contributed by atoms with E-state index in [2.05, 4.69) is 0 Å². The van der Waals surface area contributed by atoms with Crippen LogP contribution < -0.4 is 4.74 Å². The number of hydrogen-bond donors (Lipinski definition) is 0. The molecule has 0 aliphatic carbocycles. The third-order valence-corrected chi connectivity index (χ3v) is 4.90. The first-order valence-corrected chi connectivity index (χ1v) is 9.66. The minimum Gasteiger partial charge on any atom is -0.487 e. The summed E-state index contributed by atoms with van der Waals surface area (Å²) in [7, 11) is 1.60. The molecule has 0 amide bonds. The highest BCUT2D eigenvalue weighted by atomic mass is 35.7. The third kappa shape index (κ3) is 3.96. The van der Waals surface area contributed by atoms with Crippen molar-refractivity contribution in [2.75, 3.05) is 0 Å². The normalized spacial score (nSPS) is 11.2. The van der Waals surface area contributed by atoms with Gasteiger partial charge in [0.2, 0.25) is 0 Å². The fourth-order valence-electron chi connectivity index (χ4n) is 2.40. The van der Waals surface area contributed by atoms with Crippen LogP contribution in [-0.4, -0.2) is 8.42 Å². The van der Waals surface area contributed by atoms with Crippen LogP contribution in [0.3, 0.4) is 0 Å². The highest BCUT2D eigenvalue weighted by Gasteiger charge is 2.16. The van der Waals surface area contributed by atoms with Crippen LogP contribution in [0.5, 0.6) is 5.75 Å². The van der Waals surface area contributed by atoms with Crippen LogP contribution >= 0.6 is 10.7 Å². The molecular formula is C19H15ClO3S. The lowest BCUT2D eigenvalue weighted by Crippen LogP contribution is -2.00. The summed E-state index contributed by atoms with van der Waals surface area (Å²) in [6, 6.07) is 24.3. The molecular weight excluding hydrogens is 344 g/mol. The number of rotatable bonds is 5. The molecule has 0 aliphatic heterocycles. The van der Waals surface area contributed by atoms with Crippen LogP contribution in [0.1, 0.15) is 5.56 Å². The van der Waals surface area contributed by atoms with Gasteiger partial charge in [0.15, 0.2) is 0 Å². The Morgan fingerprint density at radius 3 is 2.21 bits per heavy atom. The molecule has 0 aliphatic rings. The predicted molar refractivity (Wildman–Crippen MR) is 95.7 cm³/mol. The molecule has 0 bridgehead atoms. The van der Waals surface area contributed by atoms with Gasteiger partial charge in [-0.2, -0.15) is 0 Å². The van der Waals surface area contributed by atoms with Crippen LogP contribution in [-0.2, 0) is 15.7 Å². The highest BCUT2D eigenvalue weighted by Crippen LogP contribution is 2.27. The molecule has 0 aromatic heterocycles. The molecule has 3 rings (SSSR count). The monoisotopic (exact) mass is 358 g/mol. The van der Waals surface area contributed by atoms with Gasteiger partial charge in [-0.3, -0.25) is 0 Å². The van der Waals surface area contributed by atoms with Crippen LogP contribution in [0.4, 0.5) is 0 Å². The Balaban J connectivity index is 1.82. The minimum absolute atomic E-state index is 0.0223. The lowest BCUT2D eigenvalue weighted by molar-refractivity contribution is 0.298. The molecule has 3 nitrogen and oxygen atoms in total. The summed E-state index contributed by atoms with van der Waals surface area (Å²) < 4.78 is 28.9. The average molecular weight is 359 g/mol. The van der Waals surface area contributed by atoms with E-state index in [9.17, 15) is 8.42 Å². The molecule has 0 radical (unpaired) electrons. The lowest BCUT2D eigenvalue weighted by Gasteiger charge is -2.10. The van der Waals surface area contributed by atoms with Crippen molar-refractivity contribution >= 4 is 19.7 Å². The van der Waals surface area contributed by atoms with E-state index < -0.39 is 9.05 Å². The Bertz CT molecular complexity index is 938. The van der Waals surface area contributed by atoms with E-state index in [0.29, 0.717) is 0 Å². The van der Waals surface area contributed by atoms with Gasteiger partial charge in [0.1, 0.15) is 17.3 Å². The second-order valence-electron chi connectivity index (χ2n) is 5.24. The van der Waals surface area contributed by atoms with E-state index in [0.717, 1.165) is 16.7 Å². The molecule has 0 unspecified atom stereocenters. The van der Waals surface area contributed by atoms with Gasteiger partial charge >= 0.3 is 0 Å². The maximum absolute atomic E-state index is 11.6. The van der Waals surface area contributed by atoms with E-state index in [1.165, 1.54) is 6.07 Å². The zero-order valence-corrected chi connectivity index (χ0v) is 14.3. The van der Waals surface area contributed by atoms with E-state index in [1.807, 2.05) is 54.6 Å². The number of para-hydroxylation sites is 1. The van der Waals surface area contributed by atoms with Crippen molar-refractivity contribution in [3.63, 3.8) is 0 Å². The predicted octanol–water partition coefficient (Wildman–Crippen LogP) is 4.86. The second kappa shape index (κ2) is 7.07. The molecule has 3 aromatic carbocycles. The number of benzene rings is 3. The lowest BCUT2D eigenvalue weighted by atomic mass is 10.0. The van der Waals surface area contributed by atoms with Gasteiger partial charge in [0, 0.05) is 10.7 Å². The van der Waals surface area contributed by atoms with Gasteiger partial charge < -0.3 is 4.74 Å². The van der Waals surface area contributed by atoms with Crippen molar-refractivity contribution in [3.8, 4) is 16.9 Å². The van der Waals surface area contributed by atoms with Crippen LogP contribution in [0.25, 0.3) is 11.1 Å². The first-order chi connectivity index (χ1) is 11.5. The zero-order chi connectivity index (χ0) is 17.0. The smallest absolute Gasteiger partial charge is 0.264 e. The standard InChI is InChI=1S/C19H15ClO3S/c20-24(21,22)19-12-5-4-11-18(19)23-14-15-7-6-10-17(13-15)16-8-2-1-3-9-16/h1-13H,14H2. The Morgan fingerprint density at radius 1 is 0.792 bits per heavy atom. The largest absolute Gasteiger partial charge is 0.487 e. The molecule has 0 fully saturated rings. The maximum atomic E-state index is 11.6. The molecule has 0 spiro atoms. The van der Waals surface area contributed by atoms with E-state index >= 15 is 0 Å². The van der Waals surface area contributed by atoms with Crippen LogP contribution in [0, 0.1) is 0 Å². The van der Waals surface area contributed by atoms with Crippen molar-refractivity contribution in [1.82, 2.24) is 0 Å². The van der Waals surface area contributed by atoms with E-state index in [4.69, 9.17) is 15.4 Å². The number of halogens is 1. The van der Waals surface area contributed by atoms with Crippen LogP contribution in [0.2, 0.25) is 0 Å². The topological polar surface area (TPSA) is 43.4 Å². The third-order valence-electron chi connectivity index (χ3n) is 3.54. The molecule has 0 heterocycles. The minimum atomic E-state index is -3.84. The molecule has 3 aromatic rings. The first-order valence-electron chi connectivity index (χ1n) is 7.35. The maximum Gasteiger partial charge on any atom is 0.264 e. The molecule has 24 heavy (non-hydrogen) atoms. The molecule has 0 N–H and O–H groups in total. The average Bonchev–Trinajstić information content (AvgIpc) is 2.60. The summed E-state index contributed by atoms with van der Waals surface area (Å²) in [5, 5.41) is 0. The van der Waals surface area contributed by atoms with Gasteiger partial charge in [-0.1, -0.05) is 60.7 Å². The van der Waals surface area contributed by atoms with Crippen molar-refractivity contribution in [2.45, 2.75) is 11.5 Å². The fourth-order valence-corrected chi connectivity index (χ4v) is 3.39. The SMILES string of the molecule is O=S(=O)(Cl)c1ccccc1OCc1cccc(-c2ccccc2)c1. The Kier molecular flexibility index (Phi) is 4.88. The van der Waals surface area contributed by atoms with Gasteiger partial charge in [-0.05, 0) is 34.9 Å². The Morgan fingerprint density at radius 2 is 1.46 bits per heavy atom. The van der Waals surface area contributed by atoms with Crippen molar-refractivity contribution in [2.24, 2.45) is 0 Å². The quantitative estimate of drug-likeness (QED) is 0.612. The molecule has 0 saturated heterocycles. The molecule has 5 heteroatoms. The summed E-state index contributed by atoms with van der Waals surface area (Å²) in [6.45, 7) is 0.254. The van der Waals surface area contributed by atoms with Crippen molar-refractivity contribution in [1.29, 1.82) is 0 Å². The summed E-state index contributed by atoms with van der Waals surface area (Å²) in [6.07, 6.45) is 0. The highest BCUT2D eigenvalue weighted by molar-refractivity contribution is 8.13. The summed E-state index contributed by atoms with van der Waals surface area (Å²) in [5.74, 6) is 0.248. The van der Waals surface area contributed by atoms with E-state index in [-0.39, 0.29) is 17.3 Å². The number of ether oxygens (including phenoxy) is 1.